The topological polar surface area (TPSA) is 40.5 Å². The van der Waals surface area contributed by atoms with Crippen molar-refractivity contribution in [3.8, 4) is 11.5 Å². The summed E-state index contributed by atoms with van der Waals surface area (Å²) in [7, 11) is 0. The molecular weight excluding hydrogens is 284 g/mol. The summed E-state index contributed by atoms with van der Waals surface area (Å²) in [4.78, 5) is 0. The normalized spacial score (nSPS) is 17.9. The molecule has 120 valence electrons. The van der Waals surface area contributed by atoms with E-state index in [1.54, 1.807) is 12.1 Å². The minimum atomic E-state index is 0.325. The Bertz CT molecular complexity index is 754. The third kappa shape index (κ3) is 2.98. The summed E-state index contributed by atoms with van der Waals surface area (Å²) in [6, 6.07) is 9.71. The lowest BCUT2D eigenvalue weighted by molar-refractivity contribution is 0.466. The van der Waals surface area contributed by atoms with Crippen molar-refractivity contribution in [3.63, 3.8) is 0 Å². The molecule has 0 aromatic heterocycles. The highest BCUT2D eigenvalue weighted by Gasteiger charge is 2.19. The quantitative estimate of drug-likeness (QED) is 0.782. The summed E-state index contributed by atoms with van der Waals surface area (Å²) >= 11 is 0. The monoisotopic (exact) mass is 308 g/mol. The lowest BCUT2D eigenvalue weighted by Gasteiger charge is -2.24. The van der Waals surface area contributed by atoms with Crippen LogP contribution in [-0.2, 0) is 0 Å². The molecule has 0 spiro atoms. The highest BCUT2D eigenvalue weighted by Crippen LogP contribution is 2.39. The SMILES string of the molecule is Cc1cc(C2=CCC(c3ccc(O)cc3)CC2)c(C)c(C)c1O. The summed E-state index contributed by atoms with van der Waals surface area (Å²) < 4.78 is 0. The molecule has 0 aliphatic heterocycles. The van der Waals surface area contributed by atoms with Crippen molar-refractivity contribution in [2.45, 2.75) is 46.0 Å². The smallest absolute Gasteiger partial charge is 0.121 e. The molecule has 0 amide bonds. The van der Waals surface area contributed by atoms with E-state index in [9.17, 15) is 10.2 Å². The van der Waals surface area contributed by atoms with Crippen LogP contribution in [0.4, 0.5) is 0 Å². The number of hydrogen-bond acceptors (Lipinski definition) is 2. The van der Waals surface area contributed by atoms with Gasteiger partial charge in [-0.2, -0.15) is 0 Å². The molecule has 2 aromatic carbocycles. The summed E-state index contributed by atoms with van der Waals surface area (Å²) in [5, 5.41) is 19.5. The second-order valence-electron chi connectivity index (χ2n) is 6.63. The van der Waals surface area contributed by atoms with E-state index in [1.165, 1.54) is 22.3 Å². The van der Waals surface area contributed by atoms with Gasteiger partial charge in [-0.25, -0.2) is 0 Å². The van der Waals surface area contributed by atoms with E-state index in [4.69, 9.17) is 0 Å². The third-order valence-electron chi connectivity index (χ3n) is 5.18. The van der Waals surface area contributed by atoms with Crippen LogP contribution in [-0.4, -0.2) is 10.2 Å². The van der Waals surface area contributed by atoms with E-state index >= 15 is 0 Å². The Morgan fingerprint density at radius 1 is 0.957 bits per heavy atom. The first-order valence-electron chi connectivity index (χ1n) is 8.25. The number of benzene rings is 2. The number of aromatic hydroxyl groups is 2. The first-order chi connectivity index (χ1) is 11.0. The van der Waals surface area contributed by atoms with Crippen LogP contribution >= 0.6 is 0 Å². The Morgan fingerprint density at radius 3 is 2.26 bits per heavy atom. The van der Waals surface area contributed by atoms with Crippen LogP contribution in [0.2, 0.25) is 0 Å². The number of phenolic OH excluding ortho intramolecular Hbond substituents is 2. The Hall–Kier alpha value is -2.22. The Labute approximate surface area is 138 Å². The van der Waals surface area contributed by atoms with Crippen molar-refractivity contribution in [1.29, 1.82) is 0 Å². The number of hydrogen-bond donors (Lipinski definition) is 2. The third-order valence-corrected chi connectivity index (χ3v) is 5.18. The van der Waals surface area contributed by atoms with Crippen LogP contribution in [0.1, 0.15) is 53.0 Å². The van der Waals surface area contributed by atoms with Crippen molar-refractivity contribution in [1.82, 2.24) is 0 Å². The molecule has 3 rings (SSSR count). The molecule has 1 unspecified atom stereocenters. The zero-order valence-corrected chi connectivity index (χ0v) is 14.1. The van der Waals surface area contributed by atoms with Crippen LogP contribution in [0.3, 0.4) is 0 Å². The van der Waals surface area contributed by atoms with Gasteiger partial charge >= 0.3 is 0 Å². The van der Waals surface area contributed by atoms with Gasteiger partial charge in [0.2, 0.25) is 0 Å². The van der Waals surface area contributed by atoms with E-state index in [0.717, 1.165) is 30.4 Å². The lowest BCUT2D eigenvalue weighted by Crippen LogP contribution is -2.05. The molecule has 2 aromatic rings. The molecule has 0 saturated heterocycles. The highest BCUT2D eigenvalue weighted by atomic mass is 16.3. The van der Waals surface area contributed by atoms with Crippen LogP contribution < -0.4 is 0 Å². The van der Waals surface area contributed by atoms with Crippen molar-refractivity contribution < 1.29 is 10.2 Å². The maximum Gasteiger partial charge on any atom is 0.121 e. The fourth-order valence-corrected chi connectivity index (χ4v) is 3.53. The molecule has 0 fully saturated rings. The van der Waals surface area contributed by atoms with Crippen molar-refractivity contribution in [2.75, 3.05) is 0 Å². The van der Waals surface area contributed by atoms with Crippen molar-refractivity contribution >= 4 is 5.57 Å². The van der Waals surface area contributed by atoms with E-state index in [1.807, 2.05) is 26.0 Å². The summed E-state index contributed by atoms with van der Waals surface area (Å²) in [5.41, 5.74) is 7.09. The van der Waals surface area contributed by atoms with Crippen molar-refractivity contribution in [3.05, 3.63) is 64.2 Å². The number of allylic oxidation sites excluding steroid dienone is 2. The summed E-state index contributed by atoms with van der Waals surface area (Å²) in [5.74, 6) is 1.27. The lowest BCUT2D eigenvalue weighted by atomic mass is 9.81. The summed E-state index contributed by atoms with van der Waals surface area (Å²) in [6.45, 7) is 6.05. The zero-order valence-electron chi connectivity index (χ0n) is 14.1. The van der Waals surface area contributed by atoms with E-state index in [0.29, 0.717) is 17.4 Å². The van der Waals surface area contributed by atoms with Gasteiger partial charge in [0.1, 0.15) is 11.5 Å². The van der Waals surface area contributed by atoms with Gasteiger partial charge in [-0.05, 0) is 97.5 Å². The molecule has 23 heavy (non-hydrogen) atoms. The standard InChI is InChI=1S/C21H24O2/c1-13-12-20(14(2)15(3)21(13)23)18-6-4-16(5-7-18)17-8-10-19(22)11-9-17/h6,8-12,16,22-23H,4-5,7H2,1-3H3. The molecule has 2 nitrogen and oxygen atoms in total. The maximum atomic E-state index is 10.1. The minimum Gasteiger partial charge on any atom is -0.508 e. The van der Waals surface area contributed by atoms with Crippen LogP contribution in [0.15, 0.2) is 36.4 Å². The van der Waals surface area contributed by atoms with Gasteiger partial charge in [-0.1, -0.05) is 18.2 Å². The van der Waals surface area contributed by atoms with Gasteiger partial charge in [-0.3, -0.25) is 0 Å². The van der Waals surface area contributed by atoms with Gasteiger partial charge in [0, 0.05) is 0 Å². The molecule has 0 saturated carbocycles. The van der Waals surface area contributed by atoms with E-state index in [2.05, 4.69) is 19.1 Å². The molecule has 1 aliphatic carbocycles. The first-order valence-corrected chi connectivity index (χ1v) is 8.25. The predicted molar refractivity (Wildman–Crippen MR) is 95.0 cm³/mol. The Kier molecular flexibility index (Phi) is 4.16. The number of phenols is 2. The van der Waals surface area contributed by atoms with Gasteiger partial charge in [0.05, 0.1) is 0 Å². The van der Waals surface area contributed by atoms with E-state index < -0.39 is 0 Å². The van der Waals surface area contributed by atoms with Crippen LogP contribution in [0, 0.1) is 20.8 Å². The molecule has 0 radical (unpaired) electrons. The second kappa shape index (κ2) is 6.11. The average Bonchev–Trinajstić information content (AvgIpc) is 2.57. The summed E-state index contributed by atoms with van der Waals surface area (Å²) in [6.07, 6.45) is 5.54. The Balaban J connectivity index is 1.86. The molecule has 2 heteroatoms. The number of aryl methyl sites for hydroxylation is 1. The molecule has 0 heterocycles. The Morgan fingerprint density at radius 2 is 1.65 bits per heavy atom. The van der Waals surface area contributed by atoms with Crippen molar-refractivity contribution in [2.24, 2.45) is 0 Å². The zero-order chi connectivity index (χ0) is 16.6. The van der Waals surface area contributed by atoms with Gasteiger partial charge in [0.15, 0.2) is 0 Å². The largest absolute Gasteiger partial charge is 0.508 e. The van der Waals surface area contributed by atoms with E-state index in [-0.39, 0.29) is 0 Å². The fourth-order valence-electron chi connectivity index (χ4n) is 3.53. The first kappa shape index (κ1) is 15.7. The van der Waals surface area contributed by atoms with Gasteiger partial charge in [0.25, 0.3) is 0 Å². The van der Waals surface area contributed by atoms with Crippen LogP contribution in [0.25, 0.3) is 5.57 Å². The molecular formula is C21H24O2. The molecule has 1 atom stereocenters. The molecule has 0 bridgehead atoms. The average molecular weight is 308 g/mol. The molecule has 2 N–H and O–H groups in total. The highest BCUT2D eigenvalue weighted by molar-refractivity contribution is 5.72. The predicted octanol–water partition coefficient (Wildman–Crippen LogP) is 5.37. The number of rotatable bonds is 2. The molecule has 1 aliphatic rings. The second-order valence-corrected chi connectivity index (χ2v) is 6.63. The van der Waals surface area contributed by atoms with Crippen LogP contribution in [0.5, 0.6) is 11.5 Å². The van der Waals surface area contributed by atoms with Gasteiger partial charge < -0.3 is 10.2 Å². The van der Waals surface area contributed by atoms with Gasteiger partial charge in [-0.15, -0.1) is 0 Å². The maximum absolute atomic E-state index is 10.1. The fraction of sp³-hybridized carbons (Fsp3) is 0.333. The minimum absolute atomic E-state index is 0.325.